The third-order valence-corrected chi connectivity index (χ3v) is 8.31. The number of carbonyl (C=O) groups is 2. The summed E-state index contributed by atoms with van der Waals surface area (Å²) in [4.78, 5) is 36.2. The maximum Gasteiger partial charge on any atom is 0.326 e. The SMILES string of the molecule is CCN(CC)S(=O)(=O)c1cc(N[C@@H](Cc2cc(Cl)c(NC(=O)c3cc(Cl)nc(Cl)c3)c(Cl)c2)C(=O)O)ncn1. The average molecular weight is 636 g/mol. The molecule has 16 heteroatoms. The number of rotatable bonds is 11. The Labute approximate surface area is 244 Å². The first-order valence-corrected chi connectivity index (χ1v) is 14.2. The Kier molecular flexibility index (Phi) is 10.3. The number of benzene rings is 1. The van der Waals surface area contributed by atoms with Crippen LogP contribution in [0.15, 0.2) is 41.7 Å². The van der Waals surface area contributed by atoms with Gasteiger partial charge >= 0.3 is 5.97 Å². The fraction of sp³-hybridized carbons (Fsp3) is 0.261. The Morgan fingerprint density at radius 1 is 0.974 bits per heavy atom. The number of nitrogens with one attached hydrogen (secondary N) is 2. The molecule has 0 saturated carbocycles. The monoisotopic (exact) mass is 634 g/mol. The van der Waals surface area contributed by atoms with Gasteiger partial charge < -0.3 is 15.7 Å². The second-order valence-electron chi connectivity index (χ2n) is 7.96. The van der Waals surface area contributed by atoms with Crippen LogP contribution in [0.5, 0.6) is 0 Å². The van der Waals surface area contributed by atoms with Crippen LogP contribution in [0.2, 0.25) is 20.4 Å². The van der Waals surface area contributed by atoms with Crippen molar-refractivity contribution in [3.63, 3.8) is 0 Å². The zero-order valence-electron chi connectivity index (χ0n) is 20.5. The van der Waals surface area contributed by atoms with E-state index in [9.17, 15) is 23.1 Å². The zero-order valence-corrected chi connectivity index (χ0v) is 24.3. The molecule has 0 saturated heterocycles. The lowest BCUT2D eigenvalue weighted by Gasteiger charge is -2.19. The highest BCUT2D eigenvalue weighted by Crippen LogP contribution is 2.33. The Bertz CT molecular complexity index is 1460. The van der Waals surface area contributed by atoms with E-state index in [1.165, 1.54) is 34.6 Å². The van der Waals surface area contributed by atoms with Gasteiger partial charge in [-0.15, -0.1) is 0 Å². The van der Waals surface area contributed by atoms with Crippen molar-refractivity contribution in [1.29, 1.82) is 0 Å². The van der Waals surface area contributed by atoms with Crippen LogP contribution >= 0.6 is 46.4 Å². The molecule has 208 valence electrons. The first kappa shape index (κ1) is 30.8. The highest BCUT2D eigenvalue weighted by Gasteiger charge is 2.25. The lowest BCUT2D eigenvalue weighted by molar-refractivity contribution is -0.137. The van der Waals surface area contributed by atoms with Crippen LogP contribution in [0, 0.1) is 0 Å². The third-order valence-electron chi connectivity index (χ3n) is 5.38. The molecule has 11 nitrogen and oxygen atoms in total. The molecule has 0 aliphatic heterocycles. The van der Waals surface area contributed by atoms with Crippen LogP contribution < -0.4 is 10.6 Å². The number of hydrogen-bond donors (Lipinski definition) is 3. The second-order valence-corrected chi connectivity index (χ2v) is 11.4. The normalized spacial score (nSPS) is 12.3. The van der Waals surface area contributed by atoms with Gasteiger partial charge in [0, 0.05) is 31.1 Å². The second kappa shape index (κ2) is 13.1. The molecule has 3 N–H and O–H groups in total. The highest BCUT2D eigenvalue weighted by molar-refractivity contribution is 7.89. The summed E-state index contributed by atoms with van der Waals surface area (Å²) in [6.07, 6.45) is 0.923. The number of carbonyl (C=O) groups excluding carboxylic acids is 1. The van der Waals surface area contributed by atoms with Gasteiger partial charge in [0.05, 0.1) is 15.7 Å². The van der Waals surface area contributed by atoms with Crippen molar-refractivity contribution in [3.05, 3.63) is 68.1 Å². The molecule has 3 aromatic rings. The maximum atomic E-state index is 12.8. The lowest BCUT2D eigenvalue weighted by atomic mass is 10.1. The van der Waals surface area contributed by atoms with Crippen LogP contribution in [0.1, 0.15) is 29.8 Å². The quantitative estimate of drug-likeness (QED) is 0.198. The Morgan fingerprint density at radius 3 is 2.10 bits per heavy atom. The van der Waals surface area contributed by atoms with E-state index in [2.05, 4.69) is 25.6 Å². The van der Waals surface area contributed by atoms with Gasteiger partial charge in [-0.1, -0.05) is 60.3 Å². The largest absolute Gasteiger partial charge is 0.480 e. The average Bonchev–Trinajstić information content (AvgIpc) is 2.86. The summed E-state index contributed by atoms with van der Waals surface area (Å²) in [6.45, 7) is 3.87. The standard InChI is InChI=1S/C23H22Cl4N6O5S/c1-3-33(4-2)39(37,38)20-10-19(28-11-29-20)30-16(23(35)36)7-12-5-14(24)21(15(25)6-12)32-22(34)13-8-17(26)31-18(27)9-13/h5-6,8-11,16H,3-4,7H2,1-2H3,(H,32,34)(H,35,36)(H,28,29,30)/t16-/m0/s1. The number of hydrogen-bond acceptors (Lipinski definition) is 8. The minimum atomic E-state index is -3.88. The summed E-state index contributed by atoms with van der Waals surface area (Å²) >= 11 is 24.4. The number of anilines is 2. The summed E-state index contributed by atoms with van der Waals surface area (Å²) in [6, 6.07) is 5.45. The van der Waals surface area contributed by atoms with Crippen molar-refractivity contribution in [2.24, 2.45) is 0 Å². The van der Waals surface area contributed by atoms with Gasteiger partial charge in [0.1, 0.15) is 28.5 Å². The number of aromatic nitrogens is 3. The van der Waals surface area contributed by atoms with Gasteiger partial charge in [-0.05, 0) is 29.8 Å². The van der Waals surface area contributed by atoms with Crippen LogP contribution in [-0.2, 0) is 21.2 Å². The molecule has 1 aromatic carbocycles. The van der Waals surface area contributed by atoms with E-state index < -0.39 is 27.9 Å². The number of pyridine rings is 1. The van der Waals surface area contributed by atoms with Crippen molar-refractivity contribution in [2.75, 3.05) is 23.7 Å². The van der Waals surface area contributed by atoms with Gasteiger partial charge in [0.25, 0.3) is 15.9 Å². The van der Waals surface area contributed by atoms with Gasteiger partial charge in [-0.2, -0.15) is 4.31 Å². The molecule has 3 rings (SSSR count). The molecule has 0 unspecified atom stereocenters. The zero-order chi connectivity index (χ0) is 28.9. The molecule has 1 atom stereocenters. The van der Waals surface area contributed by atoms with Crippen molar-refractivity contribution >= 4 is 79.8 Å². The number of aliphatic carboxylic acids is 1. The summed E-state index contributed by atoms with van der Waals surface area (Å²) in [5.41, 5.74) is 0.638. The molecule has 0 fully saturated rings. The molecule has 0 spiro atoms. The van der Waals surface area contributed by atoms with E-state index in [0.29, 0.717) is 5.56 Å². The van der Waals surface area contributed by atoms with Crippen molar-refractivity contribution in [2.45, 2.75) is 31.3 Å². The van der Waals surface area contributed by atoms with Crippen molar-refractivity contribution in [1.82, 2.24) is 19.3 Å². The minimum absolute atomic E-state index is 0.00104. The number of nitrogens with zero attached hydrogens (tertiary/aromatic N) is 4. The predicted molar refractivity (Wildman–Crippen MR) is 150 cm³/mol. The Morgan fingerprint density at radius 2 is 1.56 bits per heavy atom. The number of halogens is 4. The topological polar surface area (TPSA) is 154 Å². The highest BCUT2D eigenvalue weighted by atomic mass is 35.5. The summed E-state index contributed by atoms with van der Waals surface area (Å²) in [7, 11) is -3.88. The maximum absolute atomic E-state index is 12.8. The first-order chi connectivity index (χ1) is 18.3. The first-order valence-electron chi connectivity index (χ1n) is 11.3. The minimum Gasteiger partial charge on any atom is -0.480 e. The Balaban J connectivity index is 1.81. The molecule has 0 bridgehead atoms. The van der Waals surface area contributed by atoms with E-state index in [0.717, 1.165) is 6.33 Å². The number of carboxylic acids is 1. The molecule has 0 aliphatic rings. The molecular weight excluding hydrogens is 614 g/mol. The van der Waals surface area contributed by atoms with E-state index in [-0.39, 0.29) is 62.0 Å². The van der Waals surface area contributed by atoms with E-state index in [1.807, 2.05) is 0 Å². The van der Waals surface area contributed by atoms with Crippen LogP contribution in [0.25, 0.3) is 0 Å². The van der Waals surface area contributed by atoms with Gasteiger partial charge in [0.15, 0.2) is 5.03 Å². The van der Waals surface area contributed by atoms with Crippen LogP contribution in [-0.4, -0.2) is 63.8 Å². The van der Waals surface area contributed by atoms with E-state index in [4.69, 9.17) is 46.4 Å². The van der Waals surface area contributed by atoms with Gasteiger partial charge in [-0.3, -0.25) is 4.79 Å². The lowest BCUT2D eigenvalue weighted by Crippen LogP contribution is -2.33. The summed E-state index contributed by atoms with van der Waals surface area (Å²) in [5, 5.41) is 15.0. The molecule has 0 aliphatic carbocycles. The molecular formula is C23H22Cl4N6O5S. The fourth-order valence-electron chi connectivity index (χ4n) is 3.51. The van der Waals surface area contributed by atoms with Crippen LogP contribution in [0.3, 0.4) is 0 Å². The number of carboxylic acid groups (broad SMARTS) is 1. The molecule has 2 heterocycles. The van der Waals surface area contributed by atoms with Gasteiger partial charge in [0.2, 0.25) is 0 Å². The van der Waals surface area contributed by atoms with Crippen molar-refractivity contribution < 1.29 is 23.1 Å². The molecule has 1 amide bonds. The third kappa shape index (κ3) is 7.68. The summed E-state index contributed by atoms with van der Waals surface area (Å²) in [5.74, 6) is -1.83. The fourth-order valence-corrected chi connectivity index (χ4v) is 5.99. The van der Waals surface area contributed by atoms with Crippen LogP contribution in [0.4, 0.5) is 11.5 Å². The molecule has 39 heavy (non-hydrogen) atoms. The predicted octanol–water partition coefficient (Wildman–Crippen LogP) is 4.88. The summed E-state index contributed by atoms with van der Waals surface area (Å²) < 4.78 is 26.8. The Hall–Kier alpha value is -2.74. The van der Waals surface area contributed by atoms with E-state index >= 15 is 0 Å². The molecule has 0 radical (unpaired) electrons. The smallest absolute Gasteiger partial charge is 0.326 e. The number of amides is 1. The van der Waals surface area contributed by atoms with Gasteiger partial charge in [-0.25, -0.2) is 28.2 Å². The number of sulfonamides is 1. The van der Waals surface area contributed by atoms with E-state index in [1.54, 1.807) is 13.8 Å². The molecule has 2 aromatic heterocycles. The van der Waals surface area contributed by atoms with Crippen molar-refractivity contribution in [3.8, 4) is 0 Å².